The Balaban J connectivity index is 1.91. The molecular weight excluding hydrogens is 356 g/mol. The van der Waals surface area contributed by atoms with Crippen LogP contribution in [-0.4, -0.2) is 49.7 Å². The van der Waals surface area contributed by atoms with E-state index in [9.17, 15) is 14.7 Å². The van der Waals surface area contributed by atoms with Gasteiger partial charge in [-0.15, -0.1) is 5.10 Å². The second kappa shape index (κ2) is 7.86. The number of nitrogens with zero attached hydrogens (tertiary/aromatic N) is 4. The summed E-state index contributed by atoms with van der Waals surface area (Å²) in [7, 11) is 0. The van der Waals surface area contributed by atoms with Crippen molar-refractivity contribution in [3.63, 3.8) is 0 Å². The number of hydrogen-bond donors (Lipinski definition) is 1. The van der Waals surface area contributed by atoms with Gasteiger partial charge >= 0.3 is 5.97 Å². The lowest BCUT2D eigenvalue weighted by Crippen LogP contribution is -2.42. The van der Waals surface area contributed by atoms with Gasteiger partial charge in [-0.05, 0) is 31.4 Å². The molecule has 1 N–H and O–H groups in total. The molecule has 1 atom stereocenters. The molecule has 1 aromatic carbocycles. The van der Waals surface area contributed by atoms with E-state index < -0.39 is 11.9 Å². The second-order valence-corrected chi connectivity index (χ2v) is 6.80. The third-order valence-corrected chi connectivity index (χ3v) is 4.80. The van der Waals surface area contributed by atoms with E-state index in [1.54, 1.807) is 10.7 Å². The maximum Gasteiger partial charge on any atom is 0.308 e. The fourth-order valence-electron chi connectivity index (χ4n) is 3.14. The minimum Gasteiger partial charge on any atom is -0.481 e. The van der Waals surface area contributed by atoms with E-state index in [0.717, 1.165) is 6.42 Å². The maximum absolute atomic E-state index is 12.8. The van der Waals surface area contributed by atoms with Crippen molar-refractivity contribution >= 4 is 23.5 Å². The summed E-state index contributed by atoms with van der Waals surface area (Å²) < 4.78 is 1.61. The Hall–Kier alpha value is -2.41. The average Bonchev–Trinajstić information content (AvgIpc) is 3.05. The molecule has 1 saturated heterocycles. The first-order valence-electron chi connectivity index (χ1n) is 8.74. The Morgan fingerprint density at radius 3 is 2.81 bits per heavy atom. The summed E-state index contributed by atoms with van der Waals surface area (Å²) >= 11 is 6.27. The third kappa shape index (κ3) is 3.72. The number of carboxylic acids is 1. The summed E-state index contributed by atoms with van der Waals surface area (Å²) in [5.74, 6) is -0.994. The van der Waals surface area contributed by atoms with E-state index in [0.29, 0.717) is 42.3 Å². The molecule has 1 amide bonds. The predicted molar refractivity (Wildman–Crippen MR) is 96.6 cm³/mol. The molecule has 0 bridgehead atoms. The zero-order valence-corrected chi connectivity index (χ0v) is 15.3. The van der Waals surface area contributed by atoms with E-state index in [1.807, 2.05) is 25.1 Å². The minimum atomic E-state index is -0.872. The van der Waals surface area contributed by atoms with Gasteiger partial charge in [-0.3, -0.25) is 9.59 Å². The Bertz CT molecular complexity index is 821. The van der Waals surface area contributed by atoms with Crippen molar-refractivity contribution in [3.05, 3.63) is 40.9 Å². The Kier molecular flexibility index (Phi) is 5.56. The number of hydrogen-bond acceptors (Lipinski definition) is 4. The van der Waals surface area contributed by atoms with Crippen LogP contribution >= 0.6 is 11.6 Å². The summed E-state index contributed by atoms with van der Waals surface area (Å²) in [4.78, 5) is 30.0. The number of aromatic nitrogens is 3. The highest BCUT2D eigenvalue weighted by Crippen LogP contribution is 2.22. The predicted octanol–water partition coefficient (Wildman–Crippen LogP) is 2.81. The SMILES string of the molecule is CCCc1nc(C(=O)N2CCCC(C(=O)O)C2)nn1-c1ccccc1Cl. The zero-order chi connectivity index (χ0) is 18.7. The number of rotatable bonds is 5. The third-order valence-electron chi connectivity index (χ3n) is 4.48. The number of carbonyl (C=O) groups is 2. The molecule has 0 radical (unpaired) electrons. The molecule has 138 valence electrons. The first-order chi connectivity index (χ1) is 12.5. The van der Waals surface area contributed by atoms with Gasteiger partial charge in [0, 0.05) is 19.5 Å². The van der Waals surface area contributed by atoms with E-state index in [2.05, 4.69) is 10.1 Å². The van der Waals surface area contributed by atoms with Crippen molar-refractivity contribution in [2.24, 2.45) is 5.92 Å². The van der Waals surface area contributed by atoms with Crippen LogP contribution in [0.4, 0.5) is 0 Å². The van der Waals surface area contributed by atoms with E-state index >= 15 is 0 Å². The highest BCUT2D eigenvalue weighted by Gasteiger charge is 2.31. The quantitative estimate of drug-likeness (QED) is 0.866. The molecule has 26 heavy (non-hydrogen) atoms. The van der Waals surface area contributed by atoms with Crippen LogP contribution < -0.4 is 0 Å². The van der Waals surface area contributed by atoms with Gasteiger partial charge in [0.2, 0.25) is 5.82 Å². The number of para-hydroxylation sites is 1. The summed E-state index contributed by atoms with van der Waals surface area (Å²) in [6.45, 7) is 2.74. The molecule has 8 heteroatoms. The summed E-state index contributed by atoms with van der Waals surface area (Å²) in [5, 5.41) is 14.1. The summed E-state index contributed by atoms with van der Waals surface area (Å²) in [6.07, 6.45) is 2.75. The molecule has 1 aromatic heterocycles. The molecule has 1 unspecified atom stereocenters. The first-order valence-corrected chi connectivity index (χ1v) is 9.12. The minimum absolute atomic E-state index is 0.0828. The number of piperidine rings is 1. The summed E-state index contributed by atoms with van der Waals surface area (Å²) in [6, 6.07) is 7.26. The van der Waals surface area contributed by atoms with Gasteiger partial charge in [-0.25, -0.2) is 9.67 Å². The van der Waals surface area contributed by atoms with E-state index in [4.69, 9.17) is 11.6 Å². The van der Waals surface area contributed by atoms with Gasteiger partial charge in [0.15, 0.2) is 0 Å². The average molecular weight is 377 g/mol. The van der Waals surface area contributed by atoms with Gasteiger partial charge in [0.1, 0.15) is 5.82 Å². The Morgan fingerprint density at radius 2 is 2.12 bits per heavy atom. The highest BCUT2D eigenvalue weighted by molar-refractivity contribution is 6.32. The van der Waals surface area contributed by atoms with Crippen molar-refractivity contribution in [2.45, 2.75) is 32.6 Å². The van der Waals surface area contributed by atoms with Crippen LogP contribution in [0, 0.1) is 5.92 Å². The number of carboxylic acid groups (broad SMARTS) is 1. The molecular formula is C18H21ClN4O3. The molecule has 1 aliphatic heterocycles. The van der Waals surface area contributed by atoms with Crippen LogP contribution in [0.2, 0.25) is 5.02 Å². The molecule has 1 aliphatic rings. The lowest BCUT2D eigenvalue weighted by Gasteiger charge is -2.29. The molecule has 0 saturated carbocycles. The topological polar surface area (TPSA) is 88.3 Å². The second-order valence-electron chi connectivity index (χ2n) is 6.39. The van der Waals surface area contributed by atoms with Crippen LogP contribution in [-0.2, 0) is 11.2 Å². The van der Waals surface area contributed by atoms with Crippen LogP contribution in [0.15, 0.2) is 24.3 Å². The standard InChI is InChI=1S/C18H21ClN4O3/c1-2-6-15-20-16(21-23(15)14-9-4-3-8-13(14)19)17(24)22-10-5-7-12(11-22)18(25)26/h3-4,8-9,12H,2,5-7,10-11H2,1H3,(H,25,26). The maximum atomic E-state index is 12.8. The number of amides is 1. The van der Waals surface area contributed by atoms with Crippen molar-refractivity contribution in [1.82, 2.24) is 19.7 Å². The van der Waals surface area contributed by atoms with Crippen LogP contribution in [0.1, 0.15) is 42.6 Å². The van der Waals surface area contributed by atoms with Gasteiger partial charge in [0.25, 0.3) is 5.91 Å². The molecule has 0 aliphatic carbocycles. The molecule has 3 rings (SSSR count). The first kappa shape index (κ1) is 18.4. The fourth-order valence-corrected chi connectivity index (χ4v) is 3.36. The Morgan fingerprint density at radius 1 is 1.35 bits per heavy atom. The van der Waals surface area contributed by atoms with Gasteiger partial charge in [0.05, 0.1) is 16.6 Å². The van der Waals surface area contributed by atoms with Crippen molar-refractivity contribution < 1.29 is 14.7 Å². The number of carbonyl (C=O) groups excluding carboxylic acids is 1. The monoisotopic (exact) mass is 376 g/mol. The number of halogens is 1. The van der Waals surface area contributed by atoms with Crippen molar-refractivity contribution in [2.75, 3.05) is 13.1 Å². The Labute approximate surface area is 156 Å². The van der Waals surface area contributed by atoms with Crippen LogP contribution in [0.25, 0.3) is 5.69 Å². The fraction of sp³-hybridized carbons (Fsp3) is 0.444. The number of aryl methyl sites for hydroxylation is 1. The molecule has 0 spiro atoms. The summed E-state index contributed by atoms with van der Waals surface area (Å²) in [5.41, 5.74) is 0.672. The number of likely N-dealkylation sites (tertiary alicyclic amines) is 1. The number of benzene rings is 1. The van der Waals surface area contributed by atoms with E-state index in [1.165, 1.54) is 4.90 Å². The molecule has 2 heterocycles. The van der Waals surface area contributed by atoms with Crippen LogP contribution in [0.5, 0.6) is 0 Å². The zero-order valence-electron chi connectivity index (χ0n) is 14.6. The lowest BCUT2D eigenvalue weighted by atomic mass is 9.98. The van der Waals surface area contributed by atoms with Crippen LogP contribution in [0.3, 0.4) is 0 Å². The lowest BCUT2D eigenvalue weighted by molar-refractivity contribution is -0.143. The number of aliphatic carboxylic acids is 1. The largest absolute Gasteiger partial charge is 0.481 e. The van der Waals surface area contributed by atoms with Gasteiger partial charge in [-0.1, -0.05) is 30.7 Å². The van der Waals surface area contributed by atoms with Crippen molar-refractivity contribution in [3.8, 4) is 5.69 Å². The van der Waals surface area contributed by atoms with Crippen molar-refractivity contribution in [1.29, 1.82) is 0 Å². The molecule has 2 aromatic rings. The van der Waals surface area contributed by atoms with E-state index in [-0.39, 0.29) is 18.3 Å². The smallest absolute Gasteiger partial charge is 0.308 e. The van der Waals surface area contributed by atoms with Gasteiger partial charge < -0.3 is 10.0 Å². The highest BCUT2D eigenvalue weighted by atomic mass is 35.5. The normalized spacial score (nSPS) is 17.3. The molecule has 7 nitrogen and oxygen atoms in total. The molecule has 1 fully saturated rings. The van der Waals surface area contributed by atoms with Gasteiger partial charge in [-0.2, -0.15) is 0 Å².